The third kappa shape index (κ3) is 3.18. The summed E-state index contributed by atoms with van der Waals surface area (Å²) in [5.74, 6) is 0. The van der Waals surface area contributed by atoms with E-state index in [1.54, 1.807) is 0 Å². The van der Waals surface area contributed by atoms with Crippen LogP contribution >= 0.6 is 0 Å². The number of hydrogen-bond acceptors (Lipinski definition) is 1. The molecule has 0 saturated carbocycles. The van der Waals surface area contributed by atoms with E-state index in [1.807, 2.05) is 0 Å². The molecule has 1 saturated heterocycles. The number of hydroxylamine groups is 2. The molecule has 1 heterocycles. The Bertz CT molecular complexity index is 108. The smallest absolute Gasteiger partial charge is 0.0940 e. The van der Waals surface area contributed by atoms with E-state index < -0.39 is 0 Å². The van der Waals surface area contributed by atoms with Gasteiger partial charge < -0.3 is 10.3 Å². The minimum atomic E-state index is 0.358. The van der Waals surface area contributed by atoms with Gasteiger partial charge in [-0.3, -0.25) is 0 Å². The number of hydrogen-bond donors (Lipinski definition) is 1. The quantitative estimate of drug-likeness (QED) is 0.554. The zero-order chi connectivity index (χ0) is 8.10. The maximum absolute atomic E-state index is 11.0. The Kier molecular flexibility index (Phi) is 3.83. The summed E-state index contributed by atoms with van der Waals surface area (Å²) in [7, 11) is 0. The van der Waals surface area contributed by atoms with Crippen molar-refractivity contribution in [1.29, 1.82) is 0 Å². The summed E-state index contributed by atoms with van der Waals surface area (Å²) in [5, 5.41) is 15.8. The van der Waals surface area contributed by atoms with E-state index in [0.717, 1.165) is 13.0 Å². The molecule has 1 aliphatic heterocycles. The Morgan fingerprint density at radius 3 is 3.09 bits per heavy atom. The number of unbranched alkanes of at least 4 members (excludes halogenated alkanes) is 1. The van der Waals surface area contributed by atoms with Crippen molar-refractivity contribution in [2.75, 3.05) is 19.6 Å². The normalized spacial score (nSPS) is 32.2. The van der Waals surface area contributed by atoms with Crippen molar-refractivity contribution in [2.45, 2.75) is 32.2 Å². The molecule has 0 spiro atoms. The van der Waals surface area contributed by atoms with Gasteiger partial charge in [0.05, 0.1) is 25.7 Å². The van der Waals surface area contributed by atoms with E-state index in [0.29, 0.717) is 24.2 Å². The molecule has 65 valence electrons. The maximum atomic E-state index is 11.0. The summed E-state index contributed by atoms with van der Waals surface area (Å²) in [6.45, 7) is 4.33. The van der Waals surface area contributed by atoms with Crippen LogP contribution < -0.4 is 10.4 Å². The van der Waals surface area contributed by atoms with Gasteiger partial charge in [0.15, 0.2) is 0 Å². The van der Waals surface area contributed by atoms with Crippen LogP contribution in [0.15, 0.2) is 0 Å². The number of nitrogens with zero attached hydrogens (tertiary/aromatic N) is 1. The molecule has 2 atom stereocenters. The molecule has 3 nitrogen and oxygen atoms in total. The summed E-state index contributed by atoms with van der Waals surface area (Å²) >= 11 is 0. The van der Waals surface area contributed by atoms with Gasteiger partial charge in [-0.25, -0.2) is 5.32 Å². The van der Waals surface area contributed by atoms with E-state index in [2.05, 4.69) is 12.2 Å². The fraction of sp³-hybridized carbons (Fsp3) is 1.00. The van der Waals surface area contributed by atoms with Crippen molar-refractivity contribution in [3.8, 4) is 0 Å². The van der Waals surface area contributed by atoms with E-state index >= 15 is 0 Å². The highest BCUT2D eigenvalue weighted by atomic mass is 16.5. The topological polar surface area (TPSA) is 41.6 Å². The van der Waals surface area contributed by atoms with Crippen LogP contribution in [0.3, 0.4) is 0 Å². The average molecular weight is 157 g/mol. The highest BCUT2D eigenvalue weighted by Gasteiger charge is 2.17. The largest absolute Gasteiger partial charge is 0.634 e. The van der Waals surface area contributed by atoms with Crippen LogP contribution in [-0.2, 0) is 0 Å². The van der Waals surface area contributed by atoms with Crippen LogP contribution in [0.25, 0.3) is 0 Å². The molecule has 3 heteroatoms. The van der Waals surface area contributed by atoms with Crippen LogP contribution in [0.1, 0.15) is 26.2 Å². The van der Waals surface area contributed by atoms with Crippen LogP contribution in [0.5, 0.6) is 0 Å². The molecule has 0 aliphatic carbocycles. The predicted molar refractivity (Wildman–Crippen MR) is 44.4 cm³/mol. The molecule has 1 N–H and O–H groups in total. The summed E-state index contributed by atoms with van der Waals surface area (Å²) in [4.78, 5) is 0. The van der Waals surface area contributed by atoms with Crippen LogP contribution in [0.4, 0.5) is 0 Å². The van der Waals surface area contributed by atoms with Crippen molar-refractivity contribution in [1.82, 2.24) is 5.32 Å². The number of nitrogens with one attached hydrogen (secondary N) is 1. The zero-order valence-electron chi connectivity index (χ0n) is 7.18. The van der Waals surface area contributed by atoms with Gasteiger partial charge in [-0.15, -0.1) is 0 Å². The Labute approximate surface area is 68.3 Å². The third-order valence-electron chi connectivity index (χ3n) is 2.13. The van der Waals surface area contributed by atoms with Crippen LogP contribution in [0.2, 0.25) is 0 Å². The molecule has 0 aromatic carbocycles. The van der Waals surface area contributed by atoms with Crippen LogP contribution in [-0.4, -0.2) is 25.7 Å². The third-order valence-corrected chi connectivity index (χ3v) is 2.13. The lowest BCUT2D eigenvalue weighted by molar-refractivity contribution is -0.853. The lowest BCUT2D eigenvalue weighted by Crippen LogP contribution is -3.10. The Morgan fingerprint density at radius 1 is 1.64 bits per heavy atom. The summed E-state index contributed by atoms with van der Waals surface area (Å²) in [6.07, 6.45) is 3.53. The van der Waals surface area contributed by atoms with Gasteiger partial charge in [0.1, 0.15) is 0 Å². The van der Waals surface area contributed by atoms with Crippen molar-refractivity contribution in [2.24, 2.45) is 0 Å². The molecule has 0 aromatic rings. The number of rotatable bonds is 3. The molecular formula is C8H17N2O. The van der Waals surface area contributed by atoms with Gasteiger partial charge in [0.25, 0.3) is 0 Å². The first-order valence-electron chi connectivity index (χ1n) is 4.51. The summed E-state index contributed by atoms with van der Waals surface area (Å²) in [5.41, 5.74) is 0. The van der Waals surface area contributed by atoms with E-state index in [1.165, 1.54) is 12.8 Å². The Hall–Kier alpha value is -0.120. The predicted octanol–water partition coefficient (Wildman–Crippen LogP) is -0.454. The second kappa shape index (κ2) is 4.70. The monoisotopic (exact) mass is 157 g/mol. The van der Waals surface area contributed by atoms with E-state index in [9.17, 15) is 5.21 Å². The lowest BCUT2D eigenvalue weighted by atomic mass is 10.1. The number of piperazine rings is 1. The first kappa shape index (κ1) is 8.97. The molecule has 1 radical (unpaired) electrons. The lowest BCUT2D eigenvalue weighted by Gasteiger charge is -2.31. The average Bonchev–Trinajstić information content (AvgIpc) is 2.01. The SMILES string of the molecule is CCCCC1C[NH+]([O-])CC[N]1. The second-order valence-electron chi connectivity index (χ2n) is 3.20. The molecule has 1 rings (SSSR count). The van der Waals surface area contributed by atoms with Crippen molar-refractivity contribution < 1.29 is 5.06 Å². The zero-order valence-corrected chi connectivity index (χ0v) is 7.18. The molecule has 1 aliphatic rings. The van der Waals surface area contributed by atoms with E-state index in [4.69, 9.17) is 0 Å². The van der Waals surface area contributed by atoms with Gasteiger partial charge in [-0.2, -0.15) is 0 Å². The number of quaternary nitrogens is 1. The van der Waals surface area contributed by atoms with Crippen LogP contribution in [0, 0.1) is 5.21 Å². The molecule has 0 aromatic heterocycles. The Morgan fingerprint density at radius 2 is 2.45 bits per heavy atom. The highest BCUT2D eigenvalue weighted by molar-refractivity contribution is 4.67. The van der Waals surface area contributed by atoms with Crippen molar-refractivity contribution in [3.63, 3.8) is 0 Å². The van der Waals surface area contributed by atoms with E-state index in [-0.39, 0.29) is 0 Å². The molecule has 11 heavy (non-hydrogen) atoms. The standard InChI is InChI=1S/C8H17N2O/c1-2-3-4-8-7-10(11)6-5-9-8/h8,10H,2-7H2,1H3. The van der Waals surface area contributed by atoms with Gasteiger partial charge >= 0.3 is 0 Å². The van der Waals surface area contributed by atoms with Crippen molar-refractivity contribution in [3.05, 3.63) is 5.21 Å². The van der Waals surface area contributed by atoms with Gasteiger partial charge in [0, 0.05) is 0 Å². The second-order valence-corrected chi connectivity index (χ2v) is 3.20. The van der Waals surface area contributed by atoms with Gasteiger partial charge in [0.2, 0.25) is 0 Å². The molecule has 0 amide bonds. The van der Waals surface area contributed by atoms with Gasteiger partial charge in [-0.05, 0) is 6.42 Å². The first-order chi connectivity index (χ1) is 5.33. The summed E-state index contributed by atoms with van der Waals surface area (Å²) < 4.78 is 0. The minimum Gasteiger partial charge on any atom is -0.634 e. The van der Waals surface area contributed by atoms with Crippen molar-refractivity contribution >= 4 is 0 Å². The maximum Gasteiger partial charge on any atom is 0.0940 e. The fourth-order valence-electron chi connectivity index (χ4n) is 1.43. The molecule has 0 bridgehead atoms. The fourth-order valence-corrected chi connectivity index (χ4v) is 1.43. The summed E-state index contributed by atoms with van der Waals surface area (Å²) in [6, 6.07) is 0.358. The minimum absolute atomic E-state index is 0.358. The molecular weight excluding hydrogens is 140 g/mol. The Balaban J connectivity index is 2.12. The van der Waals surface area contributed by atoms with Gasteiger partial charge in [-0.1, -0.05) is 19.8 Å². The first-order valence-corrected chi connectivity index (χ1v) is 4.51. The molecule has 2 unspecified atom stereocenters. The highest BCUT2D eigenvalue weighted by Crippen LogP contribution is 2.00. The molecule has 1 fully saturated rings.